The van der Waals surface area contributed by atoms with Crippen molar-refractivity contribution >= 4 is 11.8 Å². The van der Waals surface area contributed by atoms with Crippen molar-refractivity contribution in [3.8, 4) is 0 Å². The fourth-order valence-corrected chi connectivity index (χ4v) is 0.771. The minimum atomic E-state index is -0.515. The molecule has 14 heavy (non-hydrogen) atoms. The van der Waals surface area contributed by atoms with E-state index in [1.807, 2.05) is 0 Å². The molecule has 0 aliphatic heterocycles. The molecule has 0 bridgehead atoms. The van der Waals surface area contributed by atoms with Gasteiger partial charge in [0.2, 0.25) is 0 Å². The van der Waals surface area contributed by atoms with Crippen molar-refractivity contribution in [2.75, 3.05) is 0 Å². The number of carbonyl (C=O) groups excluding carboxylic acids is 2. The van der Waals surface area contributed by atoms with Gasteiger partial charge in [0, 0.05) is 11.8 Å². The van der Waals surface area contributed by atoms with Crippen molar-refractivity contribution in [2.24, 2.45) is 0 Å². The highest BCUT2D eigenvalue weighted by molar-refractivity contribution is 6.08. The van der Waals surface area contributed by atoms with Crippen LogP contribution < -0.4 is 5.32 Å². The molecule has 0 spiro atoms. The lowest BCUT2D eigenvalue weighted by Gasteiger charge is -2.01. The first-order valence-electron chi connectivity index (χ1n) is 4.03. The van der Waals surface area contributed by atoms with Crippen molar-refractivity contribution in [1.29, 1.82) is 0 Å². The van der Waals surface area contributed by atoms with Crippen LogP contribution in [-0.2, 0) is 4.79 Å². The average molecular weight is 190 g/mol. The van der Waals surface area contributed by atoms with E-state index in [-0.39, 0.29) is 11.3 Å². The SMILES string of the molecule is C=C(C)C(=O)NC(=O)c1ccccn1. The maximum absolute atomic E-state index is 11.3. The van der Waals surface area contributed by atoms with Crippen LogP contribution in [0, 0.1) is 0 Å². The molecule has 1 aromatic heterocycles. The Hall–Kier alpha value is -1.97. The van der Waals surface area contributed by atoms with Gasteiger partial charge in [0.15, 0.2) is 0 Å². The molecule has 1 rings (SSSR count). The van der Waals surface area contributed by atoms with Gasteiger partial charge in [-0.05, 0) is 19.1 Å². The summed E-state index contributed by atoms with van der Waals surface area (Å²) in [6.45, 7) is 4.95. The summed E-state index contributed by atoms with van der Waals surface area (Å²) >= 11 is 0. The summed E-state index contributed by atoms with van der Waals surface area (Å²) in [5.41, 5.74) is 0.497. The van der Waals surface area contributed by atoms with Crippen LogP contribution >= 0.6 is 0 Å². The zero-order valence-corrected chi connectivity index (χ0v) is 7.78. The van der Waals surface area contributed by atoms with E-state index in [0.717, 1.165) is 0 Å². The molecule has 0 aromatic carbocycles. The molecule has 0 unspecified atom stereocenters. The molecule has 0 aliphatic rings. The van der Waals surface area contributed by atoms with E-state index < -0.39 is 11.8 Å². The molecular formula is C10H10N2O2. The van der Waals surface area contributed by atoms with Crippen LogP contribution in [0.2, 0.25) is 0 Å². The predicted molar refractivity (Wildman–Crippen MR) is 51.5 cm³/mol. The Morgan fingerprint density at radius 2 is 2.14 bits per heavy atom. The third-order valence-electron chi connectivity index (χ3n) is 1.51. The molecule has 1 aromatic rings. The van der Waals surface area contributed by atoms with Gasteiger partial charge in [-0.25, -0.2) is 0 Å². The molecule has 0 atom stereocenters. The number of hydrogen-bond acceptors (Lipinski definition) is 3. The second-order valence-electron chi connectivity index (χ2n) is 2.78. The van der Waals surface area contributed by atoms with E-state index in [2.05, 4.69) is 16.9 Å². The number of nitrogens with one attached hydrogen (secondary N) is 1. The standard InChI is InChI=1S/C10H10N2O2/c1-7(2)9(13)12-10(14)8-5-3-4-6-11-8/h3-6H,1H2,2H3,(H,12,13,14). The van der Waals surface area contributed by atoms with Crippen LogP contribution in [-0.4, -0.2) is 16.8 Å². The third kappa shape index (κ3) is 2.52. The fraction of sp³-hybridized carbons (Fsp3) is 0.100. The number of pyridine rings is 1. The Labute approximate surface area is 81.7 Å². The summed E-state index contributed by atoms with van der Waals surface area (Å²) in [4.78, 5) is 26.2. The van der Waals surface area contributed by atoms with Crippen LogP contribution in [0.25, 0.3) is 0 Å². The van der Waals surface area contributed by atoms with Gasteiger partial charge < -0.3 is 0 Å². The Kier molecular flexibility index (Phi) is 3.12. The molecule has 1 heterocycles. The minimum Gasteiger partial charge on any atom is -0.287 e. The number of amides is 2. The molecular weight excluding hydrogens is 180 g/mol. The highest BCUT2D eigenvalue weighted by Gasteiger charge is 2.10. The summed E-state index contributed by atoms with van der Waals surface area (Å²) in [5.74, 6) is -1.00. The van der Waals surface area contributed by atoms with E-state index in [0.29, 0.717) is 0 Å². The van der Waals surface area contributed by atoms with Crippen LogP contribution in [0.5, 0.6) is 0 Å². The molecule has 4 nitrogen and oxygen atoms in total. The van der Waals surface area contributed by atoms with E-state index in [1.165, 1.54) is 19.2 Å². The highest BCUT2D eigenvalue weighted by atomic mass is 16.2. The predicted octanol–water partition coefficient (Wildman–Crippen LogP) is 0.914. The maximum Gasteiger partial charge on any atom is 0.276 e. The number of carbonyl (C=O) groups is 2. The highest BCUT2D eigenvalue weighted by Crippen LogP contribution is 1.94. The molecule has 0 saturated carbocycles. The van der Waals surface area contributed by atoms with E-state index in [9.17, 15) is 9.59 Å². The molecule has 0 radical (unpaired) electrons. The molecule has 1 N–H and O–H groups in total. The first-order valence-corrected chi connectivity index (χ1v) is 4.03. The largest absolute Gasteiger partial charge is 0.287 e. The fourth-order valence-electron chi connectivity index (χ4n) is 0.771. The Bertz CT molecular complexity index is 371. The zero-order chi connectivity index (χ0) is 10.6. The van der Waals surface area contributed by atoms with Crippen molar-refractivity contribution in [3.05, 3.63) is 42.2 Å². The topological polar surface area (TPSA) is 59.1 Å². The van der Waals surface area contributed by atoms with Gasteiger partial charge in [0.25, 0.3) is 11.8 Å². The van der Waals surface area contributed by atoms with Crippen molar-refractivity contribution in [1.82, 2.24) is 10.3 Å². The van der Waals surface area contributed by atoms with E-state index >= 15 is 0 Å². The molecule has 4 heteroatoms. The van der Waals surface area contributed by atoms with Gasteiger partial charge in [-0.15, -0.1) is 0 Å². The number of imide groups is 1. The molecule has 72 valence electrons. The quantitative estimate of drug-likeness (QED) is 0.705. The summed E-state index contributed by atoms with van der Waals surface area (Å²) < 4.78 is 0. The van der Waals surface area contributed by atoms with Gasteiger partial charge in [0.1, 0.15) is 5.69 Å². The van der Waals surface area contributed by atoms with Gasteiger partial charge in [0.05, 0.1) is 0 Å². The number of hydrogen-bond donors (Lipinski definition) is 1. The number of nitrogens with zero attached hydrogens (tertiary/aromatic N) is 1. The Morgan fingerprint density at radius 3 is 2.64 bits per heavy atom. The summed E-state index contributed by atoms with van der Waals surface area (Å²) in [6.07, 6.45) is 1.49. The van der Waals surface area contributed by atoms with Crippen LogP contribution in [0.1, 0.15) is 17.4 Å². The van der Waals surface area contributed by atoms with E-state index in [1.54, 1.807) is 12.1 Å². The second-order valence-corrected chi connectivity index (χ2v) is 2.78. The lowest BCUT2D eigenvalue weighted by atomic mass is 10.3. The molecule has 0 saturated heterocycles. The van der Waals surface area contributed by atoms with Crippen LogP contribution in [0.4, 0.5) is 0 Å². The first kappa shape index (κ1) is 10.1. The van der Waals surface area contributed by atoms with Gasteiger partial charge >= 0.3 is 0 Å². The molecule has 0 aliphatic carbocycles. The Balaban J connectivity index is 2.69. The maximum atomic E-state index is 11.3. The number of aromatic nitrogens is 1. The minimum absolute atomic E-state index is 0.210. The van der Waals surface area contributed by atoms with Gasteiger partial charge in [-0.3, -0.25) is 19.9 Å². The van der Waals surface area contributed by atoms with Gasteiger partial charge in [-0.1, -0.05) is 12.6 Å². The second kappa shape index (κ2) is 4.32. The summed E-state index contributed by atoms with van der Waals surface area (Å²) in [5, 5.41) is 2.16. The monoisotopic (exact) mass is 190 g/mol. The molecule has 0 fully saturated rings. The summed E-state index contributed by atoms with van der Waals surface area (Å²) in [7, 11) is 0. The Morgan fingerprint density at radius 1 is 1.43 bits per heavy atom. The normalized spacial score (nSPS) is 9.21. The zero-order valence-electron chi connectivity index (χ0n) is 7.78. The number of rotatable bonds is 2. The lowest BCUT2D eigenvalue weighted by molar-refractivity contribution is -0.116. The van der Waals surface area contributed by atoms with Crippen molar-refractivity contribution < 1.29 is 9.59 Å². The van der Waals surface area contributed by atoms with E-state index in [4.69, 9.17) is 0 Å². The first-order chi connectivity index (χ1) is 6.61. The average Bonchev–Trinajstić information content (AvgIpc) is 2.19. The smallest absolute Gasteiger partial charge is 0.276 e. The lowest BCUT2D eigenvalue weighted by Crippen LogP contribution is -2.31. The van der Waals surface area contributed by atoms with Gasteiger partial charge in [-0.2, -0.15) is 0 Å². The third-order valence-corrected chi connectivity index (χ3v) is 1.51. The van der Waals surface area contributed by atoms with Crippen LogP contribution in [0.15, 0.2) is 36.5 Å². The summed E-state index contributed by atoms with van der Waals surface area (Å²) in [6, 6.07) is 4.89. The van der Waals surface area contributed by atoms with Crippen molar-refractivity contribution in [2.45, 2.75) is 6.92 Å². The molecule has 2 amide bonds. The van der Waals surface area contributed by atoms with Crippen molar-refractivity contribution in [3.63, 3.8) is 0 Å². The van der Waals surface area contributed by atoms with Crippen LogP contribution in [0.3, 0.4) is 0 Å².